The highest BCUT2D eigenvalue weighted by molar-refractivity contribution is 6.32. The van der Waals surface area contributed by atoms with Crippen LogP contribution in [-0.4, -0.2) is 31.5 Å². The van der Waals surface area contributed by atoms with E-state index in [4.69, 9.17) is 11.6 Å². The number of H-pyrrole nitrogens is 1. The van der Waals surface area contributed by atoms with E-state index in [-0.39, 0.29) is 22.9 Å². The van der Waals surface area contributed by atoms with Crippen LogP contribution in [0.25, 0.3) is 11.4 Å². The molecule has 0 spiro atoms. The molecule has 0 aliphatic carbocycles. The predicted octanol–water partition coefficient (Wildman–Crippen LogP) is 2.89. The molecule has 0 unspecified atom stereocenters. The first-order valence-corrected chi connectivity index (χ1v) is 8.81. The molecule has 0 saturated heterocycles. The number of rotatable bonds is 3. The van der Waals surface area contributed by atoms with E-state index in [2.05, 4.69) is 15.0 Å². The number of fused-ring (bicyclic) bond motifs is 1. The molecule has 0 fully saturated rings. The molecule has 1 aliphatic rings. The summed E-state index contributed by atoms with van der Waals surface area (Å²) in [7, 11) is 0. The van der Waals surface area contributed by atoms with E-state index in [9.17, 15) is 14.3 Å². The number of aromatic hydroxyl groups is 1. The fraction of sp³-hybridized carbons (Fsp3) is 0.211. The van der Waals surface area contributed by atoms with Gasteiger partial charge in [-0.15, -0.1) is 0 Å². The van der Waals surface area contributed by atoms with Crippen LogP contribution in [0.3, 0.4) is 0 Å². The summed E-state index contributed by atoms with van der Waals surface area (Å²) in [6, 6.07) is 5.90. The average Bonchev–Trinajstić information content (AvgIpc) is 2.67. The minimum atomic E-state index is -0.508. The standard InChI is InChI=1S/C19H16ClFN4O2/c20-15-8-13(21)7-12(17(15)26)9-25-6-3-16-14(10-25)19(27)24-18(23-16)11-1-4-22-5-2-11/h1-2,4-5,7-8,26H,3,6,9-10H2,(H,23,24,27). The molecule has 4 rings (SSSR count). The third kappa shape index (κ3) is 3.56. The molecule has 27 heavy (non-hydrogen) atoms. The van der Waals surface area contributed by atoms with Gasteiger partial charge < -0.3 is 10.1 Å². The van der Waals surface area contributed by atoms with Crippen molar-refractivity contribution in [3.8, 4) is 17.1 Å². The molecular formula is C19H16ClFN4O2. The molecule has 2 N–H and O–H groups in total. The van der Waals surface area contributed by atoms with E-state index in [0.717, 1.165) is 17.3 Å². The minimum Gasteiger partial charge on any atom is -0.506 e. The second-order valence-corrected chi connectivity index (χ2v) is 6.84. The lowest BCUT2D eigenvalue weighted by molar-refractivity contribution is 0.238. The Kier molecular flexibility index (Phi) is 4.63. The van der Waals surface area contributed by atoms with Gasteiger partial charge in [-0.2, -0.15) is 0 Å². The van der Waals surface area contributed by atoms with Crippen molar-refractivity contribution in [1.82, 2.24) is 19.9 Å². The van der Waals surface area contributed by atoms with Crippen LogP contribution in [0.4, 0.5) is 4.39 Å². The quantitative estimate of drug-likeness (QED) is 0.723. The normalized spacial score (nSPS) is 14.1. The molecule has 1 aliphatic heterocycles. The third-order valence-corrected chi connectivity index (χ3v) is 4.89. The van der Waals surface area contributed by atoms with E-state index >= 15 is 0 Å². The summed E-state index contributed by atoms with van der Waals surface area (Å²) < 4.78 is 13.6. The number of aromatic nitrogens is 3. The number of hydrogen-bond acceptors (Lipinski definition) is 5. The van der Waals surface area contributed by atoms with Gasteiger partial charge in [-0.05, 0) is 24.3 Å². The Morgan fingerprint density at radius 3 is 2.85 bits per heavy atom. The van der Waals surface area contributed by atoms with Gasteiger partial charge in [0.25, 0.3) is 5.56 Å². The highest BCUT2D eigenvalue weighted by Crippen LogP contribution is 2.30. The summed E-state index contributed by atoms with van der Waals surface area (Å²) in [5.41, 5.74) is 2.33. The summed E-state index contributed by atoms with van der Waals surface area (Å²) in [6.45, 7) is 1.28. The number of phenolic OH excluding ortho intramolecular Hbond substituents is 1. The lowest BCUT2D eigenvalue weighted by atomic mass is 10.1. The summed E-state index contributed by atoms with van der Waals surface area (Å²) >= 11 is 5.84. The third-order valence-electron chi connectivity index (χ3n) is 4.60. The molecule has 0 radical (unpaired) electrons. The van der Waals surface area contributed by atoms with Gasteiger partial charge in [-0.1, -0.05) is 11.6 Å². The fourth-order valence-electron chi connectivity index (χ4n) is 3.24. The van der Waals surface area contributed by atoms with Crippen LogP contribution in [0.1, 0.15) is 16.8 Å². The summed E-state index contributed by atoms with van der Waals surface area (Å²) in [6.07, 6.45) is 3.88. The maximum atomic E-state index is 13.6. The van der Waals surface area contributed by atoms with E-state index in [1.807, 2.05) is 4.90 Å². The molecule has 3 heterocycles. The number of halogens is 2. The van der Waals surface area contributed by atoms with Gasteiger partial charge in [0.1, 0.15) is 17.4 Å². The second kappa shape index (κ2) is 7.09. The molecule has 138 valence electrons. The molecule has 0 amide bonds. The first kappa shape index (κ1) is 17.6. The van der Waals surface area contributed by atoms with Crippen molar-refractivity contribution in [1.29, 1.82) is 0 Å². The monoisotopic (exact) mass is 386 g/mol. The Morgan fingerprint density at radius 2 is 2.07 bits per heavy atom. The smallest absolute Gasteiger partial charge is 0.255 e. The first-order valence-electron chi connectivity index (χ1n) is 8.43. The van der Waals surface area contributed by atoms with Crippen LogP contribution in [0.2, 0.25) is 5.02 Å². The molecule has 2 aromatic heterocycles. The highest BCUT2D eigenvalue weighted by Gasteiger charge is 2.23. The molecule has 8 heteroatoms. The van der Waals surface area contributed by atoms with Crippen LogP contribution < -0.4 is 5.56 Å². The Bertz CT molecular complexity index is 1060. The molecule has 3 aromatic rings. The lowest BCUT2D eigenvalue weighted by Crippen LogP contribution is -2.35. The maximum absolute atomic E-state index is 13.6. The highest BCUT2D eigenvalue weighted by atomic mass is 35.5. The van der Waals surface area contributed by atoms with E-state index in [1.54, 1.807) is 24.5 Å². The van der Waals surface area contributed by atoms with Crippen molar-refractivity contribution in [2.45, 2.75) is 19.5 Å². The number of hydrogen-bond donors (Lipinski definition) is 2. The van der Waals surface area contributed by atoms with Crippen molar-refractivity contribution in [2.24, 2.45) is 0 Å². The molecular weight excluding hydrogens is 371 g/mol. The average molecular weight is 387 g/mol. The zero-order valence-electron chi connectivity index (χ0n) is 14.2. The van der Waals surface area contributed by atoms with E-state index in [1.165, 1.54) is 6.07 Å². The van der Waals surface area contributed by atoms with E-state index in [0.29, 0.717) is 36.5 Å². The topological polar surface area (TPSA) is 82.1 Å². The number of benzene rings is 1. The summed E-state index contributed by atoms with van der Waals surface area (Å²) in [5.74, 6) is -0.125. The number of aromatic amines is 1. The van der Waals surface area contributed by atoms with Crippen molar-refractivity contribution < 1.29 is 9.50 Å². The number of pyridine rings is 1. The Balaban J connectivity index is 1.60. The van der Waals surface area contributed by atoms with Gasteiger partial charge in [-0.25, -0.2) is 9.37 Å². The van der Waals surface area contributed by atoms with Crippen LogP contribution in [0, 0.1) is 5.82 Å². The summed E-state index contributed by atoms with van der Waals surface area (Å²) in [4.78, 5) is 25.9. The first-order chi connectivity index (χ1) is 13.0. The van der Waals surface area contributed by atoms with Gasteiger partial charge in [-0.3, -0.25) is 14.7 Å². The Hall–Kier alpha value is -2.77. The van der Waals surface area contributed by atoms with Crippen molar-refractivity contribution in [3.63, 3.8) is 0 Å². The summed E-state index contributed by atoms with van der Waals surface area (Å²) in [5, 5.41) is 10.0. The van der Waals surface area contributed by atoms with Crippen LogP contribution in [0.5, 0.6) is 5.75 Å². The zero-order chi connectivity index (χ0) is 19.0. The number of phenols is 1. The molecule has 0 atom stereocenters. The lowest BCUT2D eigenvalue weighted by Gasteiger charge is -2.28. The Morgan fingerprint density at radius 1 is 1.30 bits per heavy atom. The van der Waals surface area contributed by atoms with Crippen molar-refractivity contribution >= 4 is 11.6 Å². The predicted molar refractivity (Wildman–Crippen MR) is 99.0 cm³/mol. The van der Waals surface area contributed by atoms with Crippen molar-refractivity contribution in [3.05, 3.63) is 74.7 Å². The largest absolute Gasteiger partial charge is 0.506 e. The zero-order valence-corrected chi connectivity index (χ0v) is 15.0. The van der Waals surface area contributed by atoms with Gasteiger partial charge in [0.05, 0.1) is 16.3 Å². The van der Waals surface area contributed by atoms with Gasteiger partial charge in [0.2, 0.25) is 0 Å². The number of nitrogens with zero attached hydrogens (tertiary/aromatic N) is 3. The molecule has 1 aromatic carbocycles. The van der Waals surface area contributed by atoms with Gasteiger partial charge in [0, 0.05) is 49.6 Å². The van der Waals surface area contributed by atoms with Crippen LogP contribution in [0.15, 0.2) is 41.5 Å². The van der Waals surface area contributed by atoms with Crippen LogP contribution in [-0.2, 0) is 19.5 Å². The van der Waals surface area contributed by atoms with Crippen molar-refractivity contribution in [2.75, 3.05) is 6.54 Å². The number of nitrogens with one attached hydrogen (secondary N) is 1. The van der Waals surface area contributed by atoms with Crippen LogP contribution >= 0.6 is 11.6 Å². The molecule has 6 nitrogen and oxygen atoms in total. The van der Waals surface area contributed by atoms with Gasteiger partial charge in [0.15, 0.2) is 0 Å². The molecule has 0 saturated carbocycles. The maximum Gasteiger partial charge on any atom is 0.255 e. The van der Waals surface area contributed by atoms with E-state index < -0.39 is 5.82 Å². The minimum absolute atomic E-state index is 0.0242. The second-order valence-electron chi connectivity index (χ2n) is 6.43. The van der Waals surface area contributed by atoms with Gasteiger partial charge >= 0.3 is 0 Å². The molecule has 0 bridgehead atoms. The fourth-order valence-corrected chi connectivity index (χ4v) is 3.47. The SMILES string of the molecule is O=c1[nH]c(-c2ccncc2)nc2c1CN(Cc1cc(F)cc(Cl)c1O)CC2. The Labute approximate surface area is 159 Å².